The first kappa shape index (κ1) is 19.7. The van der Waals surface area contributed by atoms with Crippen LogP contribution in [0.4, 0.5) is 5.69 Å². The van der Waals surface area contributed by atoms with Crippen LogP contribution in [0.2, 0.25) is 0 Å². The summed E-state index contributed by atoms with van der Waals surface area (Å²) in [7, 11) is 0. The van der Waals surface area contributed by atoms with Crippen LogP contribution in [0.3, 0.4) is 0 Å². The molecule has 0 spiro atoms. The second-order valence-electron chi connectivity index (χ2n) is 7.82. The fraction of sp³-hybridized carbons (Fsp3) is 0.478. The Balaban J connectivity index is 1.27. The third kappa shape index (κ3) is 4.88. The van der Waals surface area contributed by atoms with Crippen LogP contribution in [0.1, 0.15) is 28.8 Å². The molecule has 2 aromatic rings. The topological polar surface area (TPSA) is 54.9 Å². The van der Waals surface area contributed by atoms with Crippen molar-refractivity contribution in [3.63, 3.8) is 0 Å². The van der Waals surface area contributed by atoms with Gasteiger partial charge in [0.05, 0.1) is 19.8 Å². The molecule has 0 saturated carbocycles. The standard InChI is InChI=1S/C23H29N3O3/c1-18-3-2-10-24-22(18)29-17-19-8-11-26(12-9-19)23(27)20-4-6-21(7-5-20)25-13-15-28-16-14-25/h2-7,10,19H,8-9,11-17H2,1H3. The number of benzene rings is 1. The Hall–Kier alpha value is -2.60. The van der Waals surface area contributed by atoms with E-state index in [9.17, 15) is 4.79 Å². The molecule has 1 amide bonds. The van der Waals surface area contributed by atoms with Crippen molar-refractivity contribution in [3.05, 3.63) is 53.7 Å². The van der Waals surface area contributed by atoms with Gasteiger partial charge in [0.2, 0.25) is 5.88 Å². The molecular formula is C23H29N3O3. The van der Waals surface area contributed by atoms with Gasteiger partial charge in [-0.1, -0.05) is 6.07 Å². The third-order valence-electron chi connectivity index (χ3n) is 5.81. The molecule has 2 saturated heterocycles. The monoisotopic (exact) mass is 395 g/mol. The fourth-order valence-corrected chi connectivity index (χ4v) is 3.94. The second kappa shape index (κ2) is 9.27. The summed E-state index contributed by atoms with van der Waals surface area (Å²) in [5.41, 5.74) is 2.98. The summed E-state index contributed by atoms with van der Waals surface area (Å²) in [6.45, 7) is 7.56. The minimum atomic E-state index is 0.124. The van der Waals surface area contributed by atoms with Gasteiger partial charge in [0.25, 0.3) is 5.91 Å². The first-order valence-corrected chi connectivity index (χ1v) is 10.5. The van der Waals surface area contributed by atoms with Gasteiger partial charge in [-0.25, -0.2) is 4.98 Å². The lowest BCUT2D eigenvalue weighted by Crippen LogP contribution is -2.39. The highest BCUT2D eigenvalue weighted by Gasteiger charge is 2.24. The molecule has 3 heterocycles. The van der Waals surface area contributed by atoms with Gasteiger partial charge >= 0.3 is 0 Å². The van der Waals surface area contributed by atoms with E-state index in [1.54, 1.807) is 6.20 Å². The number of nitrogens with zero attached hydrogens (tertiary/aromatic N) is 3. The Morgan fingerprint density at radius 1 is 1.10 bits per heavy atom. The van der Waals surface area contributed by atoms with Gasteiger partial charge in [-0.2, -0.15) is 0 Å². The predicted molar refractivity (Wildman–Crippen MR) is 113 cm³/mol. The van der Waals surface area contributed by atoms with E-state index >= 15 is 0 Å². The Morgan fingerprint density at radius 2 is 1.83 bits per heavy atom. The average Bonchev–Trinajstić information content (AvgIpc) is 2.79. The molecule has 0 atom stereocenters. The Bertz CT molecular complexity index is 810. The number of hydrogen-bond acceptors (Lipinski definition) is 5. The van der Waals surface area contributed by atoms with E-state index < -0.39 is 0 Å². The third-order valence-corrected chi connectivity index (χ3v) is 5.81. The zero-order valence-corrected chi connectivity index (χ0v) is 17.0. The van der Waals surface area contributed by atoms with Crippen molar-refractivity contribution in [2.45, 2.75) is 19.8 Å². The summed E-state index contributed by atoms with van der Waals surface area (Å²) >= 11 is 0. The Labute approximate surface area is 172 Å². The quantitative estimate of drug-likeness (QED) is 0.778. The number of aryl methyl sites for hydroxylation is 1. The van der Waals surface area contributed by atoms with E-state index in [-0.39, 0.29) is 5.91 Å². The second-order valence-corrected chi connectivity index (χ2v) is 7.82. The predicted octanol–water partition coefficient (Wildman–Crippen LogP) is 3.16. The van der Waals surface area contributed by atoms with Gasteiger partial charge < -0.3 is 19.3 Å². The molecule has 4 rings (SSSR count). The lowest BCUT2D eigenvalue weighted by molar-refractivity contribution is 0.0659. The number of carbonyl (C=O) groups excluding carboxylic acids is 1. The van der Waals surface area contributed by atoms with E-state index in [1.807, 2.05) is 48.2 Å². The maximum Gasteiger partial charge on any atom is 0.253 e. The van der Waals surface area contributed by atoms with Gasteiger partial charge in [0.1, 0.15) is 0 Å². The van der Waals surface area contributed by atoms with Crippen molar-refractivity contribution in [3.8, 4) is 5.88 Å². The summed E-state index contributed by atoms with van der Waals surface area (Å²) in [6, 6.07) is 11.9. The highest BCUT2D eigenvalue weighted by Crippen LogP contribution is 2.23. The molecule has 2 fully saturated rings. The molecule has 1 aromatic heterocycles. The lowest BCUT2D eigenvalue weighted by atomic mass is 9.97. The number of morpholine rings is 1. The molecule has 29 heavy (non-hydrogen) atoms. The minimum Gasteiger partial charge on any atom is -0.477 e. The average molecular weight is 396 g/mol. The number of piperidine rings is 1. The van der Waals surface area contributed by atoms with Crippen LogP contribution in [0, 0.1) is 12.8 Å². The Morgan fingerprint density at radius 3 is 2.52 bits per heavy atom. The summed E-state index contributed by atoms with van der Waals surface area (Å²) in [5.74, 6) is 1.30. The first-order chi connectivity index (χ1) is 14.2. The van der Waals surface area contributed by atoms with Gasteiger partial charge in [0, 0.05) is 49.2 Å². The highest BCUT2D eigenvalue weighted by molar-refractivity contribution is 5.94. The largest absolute Gasteiger partial charge is 0.477 e. The zero-order valence-electron chi connectivity index (χ0n) is 17.0. The van der Waals surface area contributed by atoms with Crippen LogP contribution < -0.4 is 9.64 Å². The van der Waals surface area contributed by atoms with E-state index in [2.05, 4.69) is 9.88 Å². The van der Waals surface area contributed by atoms with Crippen LogP contribution in [-0.4, -0.2) is 61.8 Å². The molecule has 2 aliphatic heterocycles. The smallest absolute Gasteiger partial charge is 0.253 e. The van der Waals surface area contributed by atoms with Crippen LogP contribution >= 0.6 is 0 Å². The summed E-state index contributed by atoms with van der Waals surface area (Å²) < 4.78 is 11.3. The van der Waals surface area contributed by atoms with Gasteiger partial charge in [-0.15, -0.1) is 0 Å². The molecule has 6 heteroatoms. The van der Waals surface area contributed by atoms with E-state index in [0.29, 0.717) is 18.4 Å². The number of aromatic nitrogens is 1. The lowest BCUT2D eigenvalue weighted by Gasteiger charge is -2.32. The van der Waals surface area contributed by atoms with Crippen molar-refractivity contribution >= 4 is 11.6 Å². The number of hydrogen-bond donors (Lipinski definition) is 0. The van der Waals surface area contributed by atoms with Crippen molar-refractivity contribution in [1.29, 1.82) is 0 Å². The van der Waals surface area contributed by atoms with Gasteiger partial charge in [-0.3, -0.25) is 4.79 Å². The van der Waals surface area contributed by atoms with Gasteiger partial charge in [-0.05, 0) is 56.0 Å². The molecule has 0 N–H and O–H groups in total. The SMILES string of the molecule is Cc1cccnc1OCC1CCN(C(=O)c2ccc(N3CCOCC3)cc2)CC1. The molecule has 0 radical (unpaired) electrons. The molecular weight excluding hydrogens is 366 g/mol. The molecule has 6 nitrogen and oxygen atoms in total. The number of rotatable bonds is 5. The number of carbonyl (C=O) groups is 1. The number of likely N-dealkylation sites (tertiary alicyclic amines) is 1. The number of amides is 1. The summed E-state index contributed by atoms with van der Waals surface area (Å²) in [6.07, 6.45) is 3.68. The van der Waals surface area contributed by atoms with Crippen LogP contribution in [0.5, 0.6) is 5.88 Å². The Kier molecular flexibility index (Phi) is 6.30. The molecule has 0 aliphatic carbocycles. The van der Waals surface area contributed by atoms with Crippen LogP contribution in [0.25, 0.3) is 0 Å². The van der Waals surface area contributed by atoms with Crippen molar-refractivity contribution in [2.24, 2.45) is 5.92 Å². The number of pyridine rings is 1. The fourth-order valence-electron chi connectivity index (χ4n) is 3.94. The zero-order chi connectivity index (χ0) is 20.1. The van der Waals surface area contributed by atoms with E-state index in [0.717, 1.165) is 69.0 Å². The van der Waals surface area contributed by atoms with E-state index in [4.69, 9.17) is 9.47 Å². The normalized spacial score (nSPS) is 18.0. The molecule has 2 aliphatic rings. The van der Waals surface area contributed by atoms with E-state index in [1.165, 1.54) is 0 Å². The maximum atomic E-state index is 12.9. The van der Waals surface area contributed by atoms with Crippen molar-refractivity contribution < 1.29 is 14.3 Å². The molecule has 0 bridgehead atoms. The maximum absolute atomic E-state index is 12.9. The van der Waals surface area contributed by atoms with Crippen molar-refractivity contribution in [1.82, 2.24) is 9.88 Å². The van der Waals surface area contributed by atoms with Crippen LogP contribution in [0.15, 0.2) is 42.6 Å². The number of anilines is 1. The molecule has 154 valence electrons. The highest BCUT2D eigenvalue weighted by atomic mass is 16.5. The summed E-state index contributed by atoms with van der Waals surface area (Å²) in [5, 5.41) is 0. The van der Waals surface area contributed by atoms with Gasteiger partial charge in [0.15, 0.2) is 0 Å². The summed E-state index contributed by atoms with van der Waals surface area (Å²) in [4.78, 5) is 21.4. The molecule has 1 aromatic carbocycles. The minimum absolute atomic E-state index is 0.124. The molecule has 0 unspecified atom stereocenters. The first-order valence-electron chi connectivity index (χ1n) is 10.5. The number of ether oxygens (including phenoxy) is 2. The van der Waals surface area contributed by atoms with Crippen molar-refractivity contribution in [2.75, 3.05) is 50.9 Å². The van der Waals surface area contributed by atoms with Crippen LogP contribution in [-0.2, 0) is 4.74 Å².